The number of nitrogens with zero attached hydrogens (tertiary/aromatic N) is 3. The Balaban J connectivity index is 1.57. The monoisotopic (exact) mass is 540 g/mol. The van der Waals surface area contributed by atoms with E-state index in [-0.39, 0.29) is 23.8 Å². The van der Waals surface area contributed by atoms with Gasteiger partial charge in [0, 0.05) is 0 Å². The minimum Gasteiger partial charge on any atom is -0.497 e. The van der Waals surface area contributed by atoms with Gasteiger partial charge in [0.15, 0.2) is 5.52 Å². The minimum atomic E-state index is -0.967. The van der Waals surface area contributed by atoms with Gasteiger partial charge in [-0.05, 0) is 47.4 Å². The van der Waals surface area contributed by atoms with Crippen molar-refractivity contribution in [3.05, 3.63) is 118 Å². The van der Waals surface area contributed by atoms with Gasteiger partial charge in [0.1, 0.15) is 35.0 Å². The molecule has 0 fully saturated rings. The van der Waals surface area contributed by atoms with Crippen molar-refractivity contribution in [2.45, 2.75) is 31.5 Å². The number of rotatable bonds is 12. The predicted molar refractivity (Wildman–Crippen MR) is 152 cm³/mol. The van der Waals surface area contributed by atoms with E-state index in [1.165, 1.54) is 17.3 Å². The highest BCUT2D eigenvalue weighted by Gasteiger charge is 2.38. The summed E-state index contributed by atoms with van der Waals surface area (Å²) in [5.41, 5.74) is 2.25. The second-order valence-corrected chi connectivity index (χ2v) is 9.33. The molecule has 0 bridgehead atoms. The number of benzene rings is 3. The van der Waals surface area contributed by atoms with Crippen molar-refractivity contribution in [2.75, 3.05) is 20.8 Å². The highest BCUT2D eigenvalue weighted by atomic mass is 16.7. The molecule has 3 aromatic carbocycles. The van der Waals surface area contributed by atoms with Crippen molar-refractivity contribution in [1.82, 2.24) is 19.9 Å². The lowest BCUT2D eigenvalue weighted by molar-refractivity contribution is -0.0689. The summed E-state index contributed by atoms with van der Waals surface area (Å²) >= 11 is 0. The molecule has 9 nitrogen and oxygen atoms in total. The topological polar surface area (TPSA) is 100 Å². The van der Waals surface area contributed by atoms with Crippen LogP contribution in [0.5, 0.6) is 11.5 Å². The van der Waals surface area contributed by atoms with Crippen LogP contribution >= 0.6 is 0 Å². The molecule has 0 radical (unpaired) electrons. The van der Waals surface area contributed by atoms with Crippen LogP contribution < -0.4 is 19.9 Å². The Bertz CT molecular complexity index is 1530. The van der Waals surface area contributed by atoms with E-state index in [4.69, 9.17) is 19.0 Å². The van der Waals surface area contributed by atoms with E-state index >= 15 is 0 Å². The predicted octanol–water partition coefficient (Wildman–Crippen LogP) is 4.74. The maximum Gasteiger partial charge on any atom is 0.292 e. The molecule has 1 unspecified atom stereocenters. The molecule has 0 saturated carbocycles. The summed E-state index contributed by atoms with van der Waals surface area (Å²) in [6, 6.07) is 25.9. The molecule has 2 aromatic heterocycles. The Labute approximate surface area is 232 Å². The number of methoxy groups -OCH3 is 2. The number of hydrogen-bond acceptors (Lipinski definition) is 7. The molecule has 1 N–H and O–H groups in total. The Morgan fingerprint density at radius 2 is 1.48 bits per heavy atom. The third-order valence-corrected chi connectivity index (χ3v) is 6.87. The number of nitrogens with one attached hydrogen (secondary N) is 1. The maximum absolute atomic E-state index is 12.1. The molecule has 40 heavy (non-hydrogen) atoms. The van der Waals surface area contributed by atoms with Crippen molar-refractivity contribution >= 4 is 11.0 Å². The Morgan fingerprint density at radius 3 is 2.05 bits per heavy atom. The number of hydrogen-bond donors (Lipinski definition) is 1. The van der Waals surface area contributed by atoms with Crippen LogP contribution in [0.15, 0.2) is 96.2 Å². The largest absolute Gasteiger partial charge is 0.497 e. The summed E-state index contributed by atoms with van der Waals surface area (Å²) < 4.78 is 19.4. The first-order chi connectivity index (χ1) is 19.6. The van der Waals surface area contributed by atoms with Crippen LogP contribution in [-0.4, -0.2) is 46.8 Å². The van der Waals surface area contributed by atoms with Gasteiger partial charge in [0.25, 0.3) is 5.56 Å². The Morgan fingerprint density at radius 1 is 0.875 bits per heavy atom. The van der Waals surface area contributed by atoms with Gasteiger partial charge in [-0.1, -0.05) is 67.9 Å². The smallest absolute Gasteiger partial charge is 0.292 e. The van der Waals surface area contributed by atoms with Crippen LogP contribution in [0.3, 0.4) is 0 Å². The fraction of sp³-hybridized carbons (Fsp3) is 0.258. The second kappa shape index (κ2) is 12.0. The van der Waals surface area contributed by atoms with Gasteiger partial charge in [-0.15, -0.1) is 0 Å². The van der Waals surface area contributed by atoms with Gasteiger partial charge < -0.3 is 19.0 Å². The fourth-order valence-corrected chi connectivity index (χ4v) is 4.87. The standard InChI is InChI=1S/C31H32N4O5/c1-4-8-27(40-35-21-32-29-28(35)19-33-34-30(29)36)20-39-31(22-9-6-5-7-10-22,23-11-15-25(37-2)16-12-23)24-13-17-26(38-3)18-14-24/h5-7,9-19,21,27H,4,8,20H2,1-3H3,(H,34,36). The van der Waals surface area contributed by atoms with Gasteiger partial charge in [0.05, 0.1) is 27.0 Å². The molecule has 5 aromatic rings. The number of aromatic nitrogens is 4. The van der Waals surface area contributed by atoms with Crippen LogP contribution in [0, 0.1) is 0 Å². The van der Waals surface area contributed by atoms with Crippen LogP contribution in [0.1, 0.15) is 36.5 Å². The molecule has 0 saturated heterocycles. The second-order valence-electron chi connectivity index (χ2n) is 9.33. The fourth-order valence-electron chi connectivity index (χ4n) is 4.87. The van der Waals surface area contributed by atoms with Crippen molar-refractivity contribution in [3.63, 3.8) is 0 Å². The molecule has 1 atom stereocenters. The zero-order chi connectivity index (χ0) is 28.0. The minimum absolute atomic E-state index is 0.247. The molecule has 0 amide bonds. The first-order valence-corrected chi connectivity index (χ1v) is 13.2. The van der Waals surface area contributed by atoms with E-state index < -0.39 is 5.60 Å². The highest BCUT2D eigenvalue weighted by Crippen LogP contribution is 2.42. The van der Waals surface area contributed by atoms with Crippen molar-refractivity contribution in [1.29, 1.82) is 0 Å². The Hall–Kier alpha value is -4.63. The lowest BCUT2D eigenvalue weighted by atomic mass is 9.80. The maximum atomic E-state index is 12.1. The lowest BCUT2D eigenvalue weighted by Gasteiger charge is -2.37. The molecular weight excluding hydrogens is 508 g/mol. The van der Waals surface area contributed by atoms with E-state index in [2.05, 4.69) is 34.2 Å². The molecule has 0 aliphatic rings. The average molecular weight is 541 g/mol. The third-order valence-electron chi connectivity index (χ3n) is 6.87. The van der Waals surface area contributed by atoms with Gasteiger partial charge in [-0.25, -0.2) is 10.1 Å². The van der Waals surface area contributed by atoms with E-state index in [1.807, 2.05) is 66.7 Å². The summed E-state index contributed by atoms with van der Waals surface area (Å²) in [4.78, 5) is 22.7. The van der Waals surface area contributed by atoms with E-state index in [1.54, 1.807) is 14.2 Å². The van der Waals surface area contributed by atoms with Gasteiger partial charge in [0.2, 0.25) is 0 Å². The van der Waals surface area contributed by atoms with Crippen molar-refractivity contribution in [3.8, 4) is 11.5 Å². The van der Waals surface area contributed by atoms with Crippen LogP contribution in [-0.2, 0) is 10.3 Å². The van der Waals surface area contributed by atoms with Crippen molar-refractivity contribution < 1.29 is 19.0 Å². The lowest BCUT2D eigenvalue weighted by Crippen LogP contribution is -2.38. The van der Waals surface area contributed by atoms with E-state index in [0.29, 0.717) is 11.9 Å². The summed E-state index contributed by atoms with van der Waals surface area (Å²) in [6.45, 7) is 2.34. The first kappa shape index (κ1) is 27.0. The molecule has 0 aliphatic carbocycles. The van der Waals surface area contributed by atoms with Gasteiger partial charge >= 0.3 is 0 Å². The number of aromatic amines is 1. The summed E-state index contributed by atoms with van der Waals surface area (Å²) in [6.07, 6.45) is 4.24. The number of imidazole rings is 1. The number of ether oxygens (including phenoxy) is 3. The normalized spacial score (nSPS) is 12.3. The number of fused-ring (bicyclic) bond motifs is 1. The first-order valence-electron chi connectivity index (χ1n) is 13.2. The molecule has 9 heteroatoms. The summed E-state index contributed by atoms with van der Waals surface area (Å²) in [7, 11) is 3.30. The van der Waals surface area contributed by atoms with E-state index in [9.17, 15) is 4.79 Å². The van der Waals surface area contributed by atoms with E-state index in [0.717, 1.165) is 34.6 Å². The molecule has 0 spiro atoms. The molecule has 206 valence electrons. The van der Waals surface area contributed by atoms with Crippen molar-refractivity contribution in [2.24, 2.45) is 0 Å². The zero-order valence-corrected chi connectivity index (χ0v) is 22.7. The molecule has 2 heterocycles. The van der Waals surface area contributed by atoms with Crippen LogP contribution in [0.25, 0.3) is 11.0 Å². The number of H-pyrrole nitrogens is 1. The summed E-state index contributed by atoms with van der Waals surface area (Å²) in [5.74, 6) is 1.51. The Kier molecular flexibility index (Phi) is 8.12. The third kappa shape index (κ3) is 5.28. The highest BCUT2D eigenvalue weighted by molar-refractivity contribution is 5.72. The molecule has 5 rings (SSSR count). The average Bonchev–Trinajstić information content (AvgIpc) is 3.42. The molecular formula is C31H32N4O5. The SMILES string of the molecule is CCCC(COC(c1ccccc1)(c1ccc(OC)cc1)c1ccc(OC)cc1)On1cnc2c(=O)[nH]ncc21. The quantitative estimate of drug-likeness (QED) is 0.228. The van der Waals surface area contributed by atoms with Crippen LogP contribution in [0.4, 0.5) is 0 Å². The van der Waals surface area contributed by atoms with Gasteiger partial charge in [-0.2, -0.15) is 9.83 Å². The molecule has 0 aliphatic heterocycles. The van der Waals surface area contributed by atoms with Crippen LogP contribution in [0.2, 0.25) is 0 Å². The summed E-state index contributed by atoms with van der Waals surface area (Å²) in [5, 5.41) is 6.30. The van der Waals surface area contributed by atoms with Gasteiger partial charge in [-0.3, -0.25) is 4.79 Å². The zero-order valence-electron chi connectivity index (χ0n) is 22.7.